The van der Waals surface area contributed by atoms with Gasteiger partial charge in [-0.3, -0.25) is 14.0 Å². The molecule has 2 heterocycles. The molecule has 0 saturated heterocycles. The van der Waals surface area contributed by atoms with E-state index in [9.17, 15) is 14.0 Å². The summed E-state index contributed by atoms with van der Waals surface area (Å²) in [7, 11) is 0. The predicted octanol–water partition coefficient (Wildman–Crippen LogP) is 6.31. The maximum atomic E-state index is 13.4. The molecule has 7 nitrogen and oxygen atoms in total. The first kappa shape index (κ1) is 24.1. The molecule has 2 N–H and O–H groups in total. The summed E-state index contributed by atoms with van der Waals surface area (Å²) in [5, 5.41) is 5.53. The first-order valence-corrected chi connectivity index (χ1v) is 11.7. The number of rotatable bonds is 5. The number of nitrogens with zero attached hydrogens (tertiary/aromatic N) is 3. The number of imidazole rings is 1. The van der Waals surface area contributed by atoms with Gasteiger partial charge in [0.15, 0.2) is 11.5 Å². The molecular formula is C28H21ClFN5O2. The van der Waals surface area contributed by atoms with Crippen LogP contribution in [0.2, 0.25) is 5.02 Å². The third kappa shape index (κ3) is 5.05. The molecule has 2 aromatic heterocycles. The highest BCUT2D eigenvalue weighted by Gasteiger charge is 2.15. The van der Waals surface area contributed by atoms with E-state index in [0.29, 0.717) is 22.7 Å². The van der Waals surface area contributed by atoms with E-state index < -0.39 is 11.7 Å². The second-order valence-electron chi connectivity index (χ2n) is 8.61. The number of halogens is 2. The summed E-state index contributed by atoms with van der Waals surface area (Å²) in [5.41, 5.74) is 5.30. The van der Waals surface area contributed by atoms with Gasteiger partial charge < -0.3 is 10.6 Å². The summed E-state index contributed by atoms with van der Waals surface area (Å²) in [4.78, 5) is 34.3. The van der Waals surface area contributed by atoms with Crippen molar-refractivity contribution < 1.29 is 14.0 Å². The Kier molecular flexibility index (Phi) is 6.42. The molecule has 0 aliphatic heterocycles. The lowest BCUT2D eigenvalue weighted by molar-refractivity contribution is 0.101. The van der Waals surface area contributed by atoms with Gasteiger partial charge in [-0.15, -0.1) is 0 Å². The maximum Gasteiger partial charge on any atom is 0.256 e. The monoisotopic (exact) mass is 513 g/mol. The van der Waals surface area contributed by atoms with Crippen molar-refractivity contribution in [1.82, 2.24) is 14.4 Å². The van der Waals surface area contributed by atoms with Gasteiger partial charge in [-0.2, -0.15) is 0 Å². The molecule has 0 unspecified atom stereocenters. The molecule has 184 valence electrons. The standard InChI is InChI=1S/C28H21ClFN5O2/c1-16-10-17(2)12-20(11-16)28(37)34-25-26-32-15-24(35(26)9-8-31-25)18-4-3-5-21(13-18)33-27(36)19-6-7-23(30)22(29)14-19/h3-15H,1-2H3,(H,33,36)(H,31,34,37). The number of aromatic nitrogens is 3. The van der Waals surface area contributed by atoms with Crippen LogP contribution in [0.1, 0.15) is 31.8 Å². The third-order valence-electron chi connectivity index (χ3n) is 5.74. The summed E-state index contributed by atoms with van der Waals surface area (Å²) in [5.74, 6) is -0.956. The molecule has 0 atom stereocenters. The topological polar surface area (TPSA) is 88.4 Å². The van der Waals surface area contributed by atoms with Gasteiger partial charge in [-0.05, 0) is 56.3 Å². The summed E-state index contributed by atoms with van der Waals surface area (Å²) in [6.07, 6.45) is 5.00. The minimum atomic E-state index is -0.591. The normalized spacial score (nSPS) is 10.9. The van der Waals surface area contributed by atoms with E-state index in [1.807, 2.05) is 42.5 Å². The van der Waals surface area contributed by atoms with E-state index in [1.54, 1.807) is 36.8 Å². The number of carbonyl (C=O) groups is 2. The fourth-order valence-corrected chi connectivity index (χ4v) is 4.28. The zero-order chi connectivity index (χ0) is 26.1. The molecular weight excluding hydrogens is 493 g/mol. The van der Waals surface area contributed by atoms with Crippen molar-refractivity contribution in [3.05, 3.63) is 112 Å². The molecule has 5 rings (SSSR count). The van der Waals surface area contributed by atoms with Crippen molar-refractivity contribution in [2.75, 3.05) is 10.6 Å². The van der Waals surface area contributed by atoms with E-state index in [-0.39, 0.29) is 16.5 Å². The van der Waals surface area contributed by atoms with Crippen LogP contribution in [-0.4, -0.2) is 26.2 Å². The number of aryl methyl sites for hydroxylation is 2. The largest absolute Gasteiger partial charge is 0.322 e. The minimum absolute atomic E-state index is 0.124. The highest BCUT2D eigenvalue weighted by molar-refractivity contribution is 6.31. The first-order valence-electron chi connectivity index (χ1n) is 11.4. The van der Waals surface area contributed by atoms with Crippen LogP contribution in [0.4, 0.5) is 15.9 Å². The maximum absolute atomic E-state index is 13.4. The van der Waals surface area contributed by atoms with Gasteiger partial charge in [-0.25, -0.2) is 14.4 Å². The molecule has 0 radical (unpaired) electrons. The number of benzene rings is 3. The van der Waals surface area contributed by atoms with Crippen LogP contribution >= 0.6 is 11.6 Å². The molecule has 0 fully saturated rings. The molecule has 37 heavy (non-hydrogen) atoms. The van der Waals surface area contributed by atoms with Crippen molar-refractivity contribution in [3.63, 3.8) is 0 Å². The van der Waals surface area contributed by atoms with Gasteiger partial charge in [0.25, 0.3) is 11.8 Å². The summed E-state index contributed by atoms with van der Waals surface area (Å²) in [6.45, 7) is 3.88. The number of amides is 2. The Morgan fingerprint density at radius 2 is 1.65 bits per heavy atom. The molecule has 0 aliphatic rings. The number of fused-ring (bicyclic) bond motifs is 1. The van der Waals surface area contributed by atoms with Crippen LogP contribution in [0.3, 0.4) is 0 Å². The smallest absolute Gasteiger partial charge is 0.256 e. The summed E-state index contributed by atoms with van der Waals surface area (Å²) in [6, 6.07) is 16.6. The van der Waals surface area contributed by atoms with Crippen LogP contribution in [0.15, 0.2) is 79.3 Å². The number of anilines is 2. The Labute approximate surface area is 217 Å². The van der Waals surface area contributed by atoms with Gasteiger partial charge in [-0.1, -0.05) is 40.9 Å². The summed E-state index contributed by atoms with van der Waals surface area (Å²) < 4.78 is 15.3. The van der Waals surface area contributed by atoms with Crippen LogP contribution in [0.25, 0.3) is 16.9 Å². The van der Waals surface area contributed by atoms with Gasteiger partial charge in [0.2, 0.25) is 0 Å². The molecule has 5 aromatic rings. The second-order valence-corrected chi connectivity index (χ2v) is 9.01. The Morgan fingerprint density at radius 1 is 0.892 bits per heavy atom. The lowest BCUT2D eigenvalue weighted by Crippen LogP contribution is -2.14. The number of hydrogen-bond acceptors (Lipinski definition) is 4. The van der Waals surface area contributed by atoms with Gasteiger partial charge >= 0.3 is 0 Å². The van der Waals surface area contributed by atoms with Gasteiger partial charge in [0.05, 0.1) is 16.9 Å². The number of nitrogens with one attached hydrogen (secondary N) is 2. The Hall–Kier alpha value is -4.56. The van der Waals surface area contributed by atoms with Crippen LogP contribution < -0.4 is 10.6 Å². The molecule has 9 heteroatoms. The molecule has 0 saturated carbocycles. The van der Waals surface area contributed by atoms with Crippen molar-refractivity contribution in [2.24, 2.45) is 0 Å². The number of hydrogen-bond donors (Lipinski definition) is 2. The van der Waals surface area contributed by atoms with E-state index in [4.69, 9.17) is 11.6 Å². The van der Waals surface area contributed by atoms with E-state index in [2.05, 4.69) is 20.6 Å². The molecule has 3 aromatic carbocycles. The second kappa shape index (κ2) is 9.83. The molecule has 0 spiro atoms. The third-order valence-corrected chi connectivity index (χ3v) is 6.03. The average molecular weight is 514 g/mol. The van der Waals surface area contributed by atoms with Crippen LogP contribution in [-0.2, 0) is 0 Å². The van der Waals surface area contributed by atoms with Crippen LogP contribution in [0, 0.1) is 19.7 Å². The lowest BCUT2D eigenvalue weighted by atomic mass is 10.1. The first-order chi connectivity index (χ1) is 17.8. The van der Waals surface area contributed by atoms with Crippen molar-refractivity contribution in [1.29, 1.82) is 0 Å². The Bertz CT molecular complexity index is 1660. The zero-order valence-corrected chi connectivity index (χ0v) is 20.7. The van der Waals surface area contributed by atoms with E-state index in [0.717, 1.165) is 28.5 Å². The SMILES string of the molecule is Cc1cc(C)cc(C(=O)Nc2nccn3c(-c4cccc(NC(=O)c5ccc(F)c(Cl)c5)c4)cnc23)c1. The van der Waals surface area contributed by atoms with Crippen molar-refractivity contribution >= 4 is 40.6 Å². The molecule has 2 amide bonds. The van der Waals surface area contributed by atoms with Gasteiger partial charge in [0.1, 0.15) is 5.82 Å². The fourth-order valence-electron chi connectivity index (χ4n) is 4.10. The zero-order valence-electron chi connectivity index (χ0n) is 19.9. The molecule has 0 bridgehead atoms. The predicted molar refractivity (Wildman–Crippen MR) is 142 cm³/mol. The van der Waals surface area contributed by atoms with Crippen molar-refractivity contribution in [3.8, 4) is 11.3 Å². The quantitative estimate of drug-likeness (QED) is 0.288. The minimum Gasteiger partial charge on any atom is -0.322 e. The Balaban J connectivity index is 1.41. The highest BCUT2D eigenvalue weighted by atomic mass is 35.5. The molecule has 0 aliphatic carbocycles. The lowest BCUT2D eigenvalue weighted by Gasteiger charge is -2.10. The van der Waals surface area contributed by atoms with Gasteiger partial charge in [0, 0.05) is 34.8 Å². The number of carbonyl (C=O) groups excluding carboxylic acids is 2. The van der Waals surface area contributed by atoms with Crippen molar-refractivity contribution in [2.45, 2.75) is 13.8 Å². The van der Waals surface area contributed by atoms with Crippen LogP contribution in [0.5, 0.6) is 0 Å². The Morgan fingerprint density at radius 3 is 2.41 bits per heavy atom. The van der Waals surface area contributed by atoms with E-state index >= 15 is 0 Å². The highest BCUT2D eigenvalue weighted by Crippen LogP contribution is 2.26. The fraction of sp³-hybridized carbons (Fsp3) is 0.0714. The van der Waals surface area contributed by atoms with E-state index in [1.165, 1.54) is 12.1 Å². The summed E-state index contributed by atoms with van der Waals surface area (Å²) >= 11 is 5.81. The average Bonchev–Trinajstić information content (AvgIpc) is 3.30.